The van der Waals surface area contributed by atoms with E-state index in [0.29, 0.717) is 16.1 Å². The molecule has 1 unspecified atom stereocenters. The van der Waals surface area contributed by atoms with Crippen molar-refractivity contribution >= 4 is 60.1 Å². The molecule has 1 aromatic heterocycles. The summed E-state index contributed by atoms with van der Waals surface area (Å²) < 4.78 is 1.01. The van der Waals surface area contributed by atoms with E-state index in [-0.39, 0.29) is 10.7 Å². The third-order valence-corrected chi connectivity index (χ3v) is 5.45. The quantitative estimate of drug-likeness (QED) is 0.604. The molecule has 22 heavy (non-hydrogen) atoms. The fourth-order valence-electron chi connectivity index (χ4n) is 2.21. The van der Waals surface area contributed by atoms with Crippen molar-refractivity contribution in [2.45, 2.75) is 50.8 Å². The van der Waals surface area contributed by atoms with Gasteiger partial charge in [-0.25, -0.2) is 4.98 Å². The van der Waals surface area contributed by atoms with E-state index < -0.39 is 0 Å². The van der Waals surface area contributed by atoms with Crippen LogP contribution in [0.15, 0.2) is 12.1 Å². The number of carbonyl (C=O) groups is 1. The lowest BCUT2D eigenvalue weighted by Crippen LogP contribution is -2.22. The molecule has 0 spiro atoms. The number of rotatable bonds is 6. The molecule has 120 valence electrons. The number of hydrogen-bond donors (Lipinski definition) is 1. The second-order valence-corrected chi connectivity index (χ2v) is 8.19. The standard InChI is InChI=1S/C16H20BrClN2OS/c1-4-5-6-12(17)15(21)20-16-19-14-11(9(2)3)7-10(18)8-13(14)22-16/h7-9,12H,4-6H2,1-3H3,(H,19,20,21). The van der Waals surface area contributed by atoms with Crippen molar-refractivity contribution in [3.8, 4) is 0 Å². The molecule has 0 radical (unpaired) electrons. The number of thiazole rings is 1. The minimum absolute atomic E-state index is 0.0373. The van der Waals surface area contributed by atoms with Crippen LogP contribution in [0.2, 0.25) is 5.02 Å². The lowest BCUT2D eigenvalue weighted by atomic mass is 10.0. The summed E-state index contributed by atoms with van der Waals surface area (Å²) in [4.78, 5) is 16.6. The van der Waals surface area contributed by atoms with E-state index in [4.69, 9.17) is 11.6 Å². The molecule has 3 nitrogen and oxygen atoms in total. The van der Waals surface area contributed by atoms with E-state index >= 15 is 0 Å². The van der Waals surface area contributed by atoms with E-state index in [1.54, 1.807) is 0 Å². The smallest absolute Gasteiger partial charge is 0.239 e. The molecule has 2 rings (SSSR count). The number of halogens is 2. The monoisotopic (exact) mass is 402 g/mol. The molecule has 0 aliphatic heterocycles. The van der Waals surface area contributed by atoms with Gasteiger partial charge < -0.3 is 5.32 Å². The average Bonchev–Trinajstić information content (AvgIpc) is 2.85. The minimum Gasteiger partial charge on any atom is -0.301 e. The van der Waals surface area contributed by atoms with Gasteiger partial charge in [-0.3, -0.25) is 4.79 Å². The molecule has 6 heteroatoms. The summed E-state index contributed by atoms with van der Waals surface area (Å²) in [7, 11) is 0. The number of aromatic nitrogens is 1. The van der Waals surface area contributed by atoms with Crippen LogP contribution in [0.3, 0.4) is 0 Å². The number of alkyl halides is 1. The topological polar surface area (TPSA) is 42.0 Å². The van der Waals surface area contributed by atoms with Gasteiger partial charge >= 0.3 is 0 Å². The van der Waals surface area contributed by atoms with E-state index in [1.165, 1.54) is 11.3 Å². The van der Waals surface area contributed by atoms with Gasteiger partial charge in [0.15, 0.2) is 5.13 Å². The van der Waals surface area contributed by atoms with E-state index in [2.05, 4.69) is 47.0 Å². The van der Waals surface area contributed by atoms with Crippen LogP contribution in [-0.2, 0) is 4.79 Å². The second-order valence-electron chi connectivity index (χ2n) is 5.61. The number of benzene rings is 1. The van der Waals surface area contributed by atoms with Crippen LogP contribution in [0.1, 0.15) is 51.5 Å². The predicted octanol–water partition coefficient (Wildman–Crippen LogP) is 5.97. The van der Waals surface area contributed by atoms with Crippen LogP contribution in [0, 0.1) is 0 Å². The molecule has 0 fully saturated rings. The SMILES string of the molecule is CCCCC(Br)C(=O)Nc1nc2c(C(C)C)cc(Cl)cc2s1. The Morgan fingerprint density at radius 2 is 2.18 bits per heavy atom. The highest BCUT2D eigenvalue weighted by atomic mass is 79.9. The van der Waals surface area contributed by atoms with Gasteiger partial charge in [-0.1, -0.05) is 72.5 Å². The molecule has 2 aromatic rings. The van der Waals surface area contributed by atoms with Crippen LogP contribution in [0.4, 0.5) is 5.13 Å². The lowest BCUT2D eigenvalue weighted by molar-refractivity contribution is -0.115. The van der Waals surface area contributed by atoms with Gasteiger partial charge in [0.05, 0.1) is 15.0 Å². The molecule has 1 N–H and O–H groups in total. The van der Waals surface area contributed by atoms with Gasteiger partial charge in [0.2, 0.25) is 5.91 Å². The number of unbranched alkanes of at least 4 members (excludes halogenated alkanes) is 1. The average molecular weight is 404 g/mol. The second kappa shape index (κ2) is 7.75. The highest BCUT2D eigenvalue weighted by Crippen LogP contribution is 2.34. The van der Waals surface area contributed by atoms with Crippen molar-refractivity contribution in [2.75, 3.05) is 5.32 Å². The van der Waals surface area contributed by atoms with Gasteiger partial charge in [0, 0.05) is 5.02 Å². The van der Waals surface area contributed by atoms with Gasteiger partial charge in [-0.2, -0.15) is 0 Å². The third kappa shape index (κ3) is 4.21. The van der Waals surface area contributed by atoms with E-state index in [1.807, 2.05) is 12.1 Å². The summed E-state index contributed by atoms with van der Waals surface area (Å²) in [5, 5.41) is 4.24. The van der Waals surface area contributed by atoms with Gasteiger partial charge in [0.25, 0.3) is 0 Å². The molecule has 0 aliphatic rings. The van der Waals surface area contributed by atoms with Crippen molar-refractivity contribution in [3.63, 3.8) is 0 Å². The summed E-state index contributed by atoms with van der Waals surface area (Å²) in [6, 6.07) is 3.85. The summed E-state index contributed by atoms with van der Waals surface area (Å²) in [5.41, 5.74) is 2.04. The summed E-state index contributed by atoms with van der Waals surface area (Å²) >= 11 is 11.1. The van der Waals surface area contributed by atoms with Crippen molar-refractivity contribution in [3.05, 3.63) is 22.7 Å². The number of amides is 1. The first-order valence-corrected chi connectivity index (χ1v) is 9.58. The molecule has 1 atom stereocenters. The van der Waals surface area contributed by atoms with Crippen molar-refractivity contribution < 1.29 is 4.79 Å². The molecule has 0 bridgehead atoms. The number of anilines is 1. The summed E-state index contributed by atoms with van der Waals surface area (Å²) in [6.07, 6.45) is 2.93. The number of fused-ring (bicyclic) bond motifs is 1. The van der Waals surface area contributed by atoms with Crippen LogP contribution in [-0.4, -0.2) is 15.7 Å². The molecule has 1 aromatic carbocycles. The summed E-state index contributed by atoms with van der Waals surface area (Å²) in [6.45, 7) is 6.34. The van der Waals surface area contributed by atoms with Gasteiger partial charge in [0.1, 0.15) is 0 Å². The maximum Gasteiger partial charge on any atom is 0.239 e. The lowest BCUT2D eigenvalue weighted by Gasteiger charge is -2.08. The van der Waals surface area contributed by atoms with Gasteiger partial charge in [-0.05, 0) is 30.0 Å². The Morgan fingerprint density at radius 1 is 1.45 bits per heavy atom. The normalized spacial score (nSPS) is 12.8. The first kappa shape index (κ1) is 17.7. The fraction of sp³-hybridized carbons (Fsp3) is 0.500. The number of carbonyl (C=O) groups excluding carboxylic acids is 1. The number of hydrogen-bond acceptors (Lipinski definition) is 3. The third-order valence-electron chi connectivity index (χ3n) is 3.44. The summed E-state index contributed by atoms with van der Waals surface area (Å²) in [5.74, 6) is 0.296. The minimum atomic E-state index is -0.174. The molecule has 1 heterocycles. The molecule has 0 saturated carbocycles. The molecular formula is C16H20BrClN2OS. The van der Waals surface area contributed by atoms with Crippen molar-refractivity contribution in [2.24, 2.45) is 0 Å². The highest BCUT2D eigenvalue weighted by Gasteiger charge is 2.18. The first-order valence-electron chi connectivity index (χ1n) is 7.47. The maximum absolute atomic E-state index is 12.2. The fourth-order valence-corrected chi connectivity index (χ4v) is 3.88. The Morgan fingerprint density at radius 3 is 2.82 bits per heavy atom. The van der Waals surface area contributed by atoms with Crippen LogP contribution < -0.4 is 5.32 Å². The number of nitrogens with one attached hydrogen (secondary N) is 1. The van der Waals surface area contributed by atoms with Crippen LogP contribution >= 0.6 is 38.9 Å². The van der Waals surface area contributed by atoms with E-state index in [0.717, 1.165) is 35.0 Å². The molecular weight excluding hydrogens is 384 g/mol. The van der Waals surface area contributed by atoms with Crippen LogP contribution in [0.25, 0.3) is 10.2 Å². The zero-order chi connectivity index (χ0) is 16.3. The largest absolute Gasteiger partial charge is 0.301 e. The predicted molar refractivity (Wildman–Crippen MR) is 99.6 cm³/mol. The Hall–Kier alpha value is -0.650. The molecule has 0 saturated heterocycles. The zero-order valence-electron chi connectivity index (χ0n) is 13.0. The Labute approximate surface area is 148 Å². The molecule has 1 amide bonds. The highest BCUT2D eigenvalue weighted by molar-refractivity contribution is 9.10. The molecule has 0 aliphatic carbocycles. The van der Waals surface area contributed by atoms with Gasteiger partial charge in [-0.15, -0.1) is 0 Å². The van der Waals surface area contributed by atoms with Crippen LogP contribution in [0.5, 0.6) is 0 Å². The Kier molecular flexibility index (Phi) is 6.24. The maximum atomic E-state index is 12.2. The van der Waals surface area contributed by atoms with Crippen molar-refractivity contribution in [1.29, 1.82) is 0 Å². The van der Waals surface area contributed by atoms with Crippen molar-refractivity contribution in [1.82, 2.24) is 4.98 Å². The number of nitrogens with zero attached hydrogens (tertiary/aromatic N) is 1. The first-order chi connectivity index (χ1) is 10.4. The Bertz CT molecular complexity index is 671. The zero-order valence-corrected chi connectivity index (χ0v) is 16.1. The van der Waals surface area contributed by atoms with E-state index in [9.17, 15) is 4.79 Å². The Balaban J connectivity index is 2.23.